The van der Waals surface area contributed by atoms with Crippen molar-refractivity contribution in [3.63, 3.8) is 0 Å². The fraction of sp³-hybridized carbons (Fsp3) is 0.545. The molecule has 1 aromatic heterocycles. The van der Waals surface area contributed by atoms with Gasteiger partial charge in [0.05, 0.1) is 6.10 Å². The van der Waals surface area contributed by atoms with E-state index in [4.69, 9.17) is 14.4 Å². The van der Waals surface area contributed by atoms with Crippen LogP contribution in [0.5, 0.6) is 5.88 Å². The molecule has 0 spiro atoms. The second-order valence-electron chi connectivity index (χ2n) is 4.35. The number of ether oxygens (including phenoxy) is 1. The number of likely N-dealkylation sites (tertiary alicyclic amines) is 1. The number of aromatic nitrogens is 1. The molecule has 0 aromatic carbocycles. The molecule has 1 aromatic rings. The van der Waals surface area contributed by atoms with E-state index in [0.29, 0.717) is 5.76 Å². The lowest BCUT2D eigenvalue weighted by Crippen LogP contribution is -2.42. The van der Waals surface area contributed by atoms with Gasteiger partial charge in [-0.2, -0.15) is 0 Å². The second-order valence-corrected chi connectivity index (χ2v) is 4.35. The molecule has 1 aliphatic rings. The van der Waals surface area contributed by atoms with Crippen molar-refractivity contribution in [3.05, 3.63) is 11.8 Å². The SMILES string of the molecule is Cc1cc(OCC(=O)N2CC(O)CC2C(=O)O)no1. The average Bonchev–Trinajstić information content (AvgIpc) is 2.92. The number of hydrogen-bond acceptors (Lipinski definition) is 6. The highest BCUT2D eigenvalue weighted by Crippen LogP contribution is 2.18. The van der Waals surface area contributed by atoms with Crippen LogP contribution in [0.25, 0.3) is 0 Å². The average molecular weight is 270 g/mol. The van der Waals surface area contributed by atoms with Gasteiger partial charge in [-0.3, -0.25) is 4.79 Å². The minimum Gasteiger partial charge on any atom is -0.480 e. The molecule has 2 heterocycles. The van der Waals surface area contributed by atoms with E-state index in [2.05, 4.69) is 5.16 Å². The first-order valence-corrected chi connectivity index (χ1v) is 5.74. The molecule has 2 atom stereocenters. The van der Waals surface area contributed by atoms with Crippen LogP contribution in [0.2, 0.25) is 0 Å². The van der Waals surface area contributed by atoms with Crippen molar-refractivity contribution < 1.29 is 29.1 Å². The molecule has 2 rings (SSSR count). The Kier molecular flexibility index (Phi) is 3.70. The summed E-state index contributed by atoms with van der Waals surface area (Å²) in [6.07, 6.45) is -0.788. The third kappa shape index (κ3) is 3.02. The first-order chi connectivity index (χ1) is 8.97. The maximum absolute atomic E-state index is 11.9. The summed E-state index contributed by atoms with van der Waals surface area (Å²) in [5.41, 5.74) is 0. The Labute approximate surface area is 108 Å². The maximum Gasteiger partial charge on any atom is 0.326 e. The molecule has 8 heteroatoms. The molecular formula is C11H14N2O6. The lowest BCUT2D eigenvalue weighted by molar-refractivity contribution is -0.149. The highest BCUT2D eigenvalue weighted by Gasteiger charge is 2.38. The minimum absolute atomic E-state index is 0.00297. The predicted molar refractivity (Wildman–Crippen MR) is 60.5 cm³/mol. The lowest BCUT2D eigenvalue weighted by atomic mass is 10.2. The van der Waals surface area contributed by atoms with Gasteiger partial charge < -0.3 is 24.4 Å². The van der Waals surface area contributed by atoms with Crippen LogP contribution < -0.4 is 4.74 Å². The van der Waals surface area contributed by atoms with Gasteiger partial charge in [-0.25, -0.2) is 4.79 Å². The second kappa shape index (κ2) is 5.27. The predicted octanol–water partition coefficient (Wildman–Crippen LogP) is -0.592. The number of aliphatic carboxylic acids is 1. The summed E-state index contributed by atoms with van der Waals surface area (Å²) in [6, 6.07) is 0.506. The summed E-state index contributed by atoms with van der Waals surface area (Å²) < 4.78 is 9.86. The molecular weight excluding hydrogens is 256 g/mol. The normalized spacial score (nSPS) is 22.5. The van der Waals surface area contributed by atoms with Crippen molar-refractivity contribution in [2.45, 2.75) is 25.5 Å². The highest BCUT2D eigenvalue weighted by atomic mass is 16.5. The molecule has 0 bridgehead atoms. The van der Waals surface area contributed by atoms with E-state index in [1.54, 1.807) is 6.92 Å². The topological polar surface area (TPSA) is 113 Å². The minimum atomic E-state index is -1.14. The lowest BCUT2D eigenvalue weighted by Gasteiger charge is -2.20. The number of aliphatic hydroxyl groups is 1. The number of β-amino-alcohol motifs (C(OH)–C–C–N with tert-alkyl or cyclic N) is 1. The van der Waals surface area contributed by atoms with E-state index in [9.17, 15) is 14.7 Å². The fourth-order valence-electron chi connectivity index (χ4n) is 1.95. The summed E-state index contributed by atoms with van der Waals surface area (Å²) in [7, 11) is 0. The van der Waals surface area contributed by atoms with Crippen LogP contribution in [-0.4, -0.2) is 57.4 Å². The number of carboxylic acids is 1. The van der Waals surface area contributed by atoms with Gasteiger partial charge in [0.15, 0.2) is 6.61 Å². The number of carbonyl (C=O) groups excluding carboxylic acids is 1. The fourth-order valence-corrected chi connectivity index (χ4v) is 1.95. The van der Waals surface area contributed by atoms with Crippen LogP contribution in [0.3, 0.4) is 0 Å². The number of carbonyl (C=O) groups is 2. The number of aryl methyl sites for hydroxylation is 1. The van der Waals surface area contributed by atoms with Gasteiger partial charge in [-0.15, -0.1) is 0 Å². The number of hydrogen-bond donors (Lipinski definition) is 2. The number of amides is 1. The molecule has 8 nitrogen and oxygen atoms in total. The summed E-state index contributed by atoms with van der Waals surface area (Å²) in [5, 5.41) is 21.9. The Morgan fingerprint density at radius 1 is 1.63 bits per heavy atom. The zero-order valence-electron chi connectivity index (χ0n) is 10.3. The summed E-state index contributed by atoms with van der Waals surface area (Å²) in [4.78, 5) is 23.9. The number of carboxylic acid groups (broad SMARTS) is 1. The largest absolute Gasteiger partial charge is 0.480 e. The van der Waals surface area contributed by atoms with Gasteiger partial charge >= 0.3 is 5.97 Å². The van der Waals surface area contributed by atoms with Gasteiger partial charge in [0.2, 0.25) is 0 Å². The van der Waals surface area contributed by atoms with E-state index < -0.39 is 24.0 Å². The monoisotopic (exact) mass is 270 g/mol. The highest BCUT2D eigenvalue weighted by molar-refractivity contribution is 5.85. The van der Waals surface area contributed by atoms with Crippen LogP contribution in [0, 0.1) is 6.92 Å². The molecule has 1 amide bonds. The molecule has 0 aliphatic carbocycles. The van der Waals surface area contributed by atoms with E-state index in [1.807, 2.05) is 0 Å². The standard InChI is InChI=1S/C11H14N2O6/c1-6-2-9(12-19-6)18-5-10(15)13-4-7(14)3-8(13)11(16)17/h2,7-8,14H,3-5H2,1H3,(H,16,17). The third-order valence-corrected chi connectivity index (χ3v) is 2.83. The van der Waals surface area contributed by atoms with Crippen LogP contribution in [0.1, 0.15) is 12.2 Å². The van der Waals surface area contributed by atoms with Gasteiger partial charge in [0.1, 0.15) is 11.8 Å². The molecule has 0 radical (unpaired) electrons. The van der Waals surface area contributed by atoms with Crippen molar-refractivity contribution in [1.29, 1.82) is 0 Å². The zero-order chi connectivity index (χ0) is 14.0. The molecule has 1 aliphatic heterocycles. The van der Waals surface area contributed by atoms with E-state index in [-0.39, 0.29) is 25.5 Å². The van der Waals surface area contributed by atoms with Crippen molar-refractivity contribution in [2.24, 2.45) is 0 Å². The molecule has 2 N–H and O–H groups in total. The number of rotatable bonds is 4. The molecule has 104 valence electrons. The van der Waals surface area contributed by atoms with Crippen LogP contribution in [0.15, 0.2) is 10.6 Å². The maximum atomic E-state index is 11.9. The third-order valence-electron chi connectivity index (χ3n) is 2.83. The van der Waals surface area contributed by atoms with Crippen LogP contribution in [0.4, 0.5) is 0 Å². The molecule has 1 fully saturated rings. The quantitative estimate of drug-likeness (QED) is 0.751. The molecule has 2 unspecified atom stereocenters. The van der Waals surface area contributed by atoms with E-state index >= 15 is 0 Å². The van der Waals surface area contributed by atoms with E-state index in [0.717, 1.165) is 4.90 Å². The Balaban J connectivity index is 1.93. The Hall–Kier alpha value is -2.09. The number of nitrogens with zero attached hydrogens (tertiary/aromatic N) is 2. The zero-order valence-corrected chi connectivity index (χ0v) is 10.3. The Bertz CT molecular complexity index is 485. The summed E-state index contributed by atoms with van der Waals surface area (Å²) in [6.45, 7) is 1.33. The van der Waals surface area contributed by atoms with Crippen molar-refractivity contribution in [2.75, 3.05) is 13.2 Å². The number of aliphatic hydroxyl groups excluding tert-OH is 1. The van der Waals surface area contributed by atoms with Gasteiger partial charge in [0.25, 0.3) is 11.8 Å². The van der Waals surface area contributed by atoms with Crippen LogP contribution in [-0.2, 0) is 9.59 Å². The molecule has 1 saturated heterocycles. The first kappa shape index (κ1) is 13.3. The van der Waals surface area contributed by atoms with Gasteiger partial charge in [-0.1, -0.05) is 0 Å². The van der Waals surface area contributed by atoms with Gasteiger partial charge in [-0.05, 0) is 12.1 Å². The molecule has 0 saturated carbocycles. The van der Waals surface area contributed by atoms with Gasteiger partial charge in [0, 0.05) is 19.0 Å². The van der Waals surface area contributed by atoms with E-state index in [1.165, 1.54) is 6.07 Å². The van der Waals surface area contributed by atoms with Crippen molar-refractivity contribution >= 4 is 11.9 Å². The first-order valence-electron chi connectivity index (χ1n) is 5.74. The Morgan fingerprint density at radius 3 is 2.95 bits per heavy atom. The smallest absolute Gasteiger partial charge is 0.326 e. The summed E-state index contributed by atoms with van der Waals surface area (Å²) >= 11 is 0. The van der Waals surface area contributed by atoms with Crippen molar-refractivity contribution in [3.8, 4) is 5.88 Å². The summed E-state index contributed by atoms with van der Waals surface area (Å²) in [5.74, 6) is -0.938. The Morgan fingerprint density at radius 2 is 2.37 bits per heavy atom. The van der Waals surface area contributed by atoms with Crippen LogP contribution >= 0.6 is 0 Å². The van der Waals surface area contributed by atoms with Crippen molar-refractivity contribution in [1.82, 2.24) is 10.1 Å². The molecule has 19 heavy (non-hydrogen) atoms.